The molecule has 0 saturated carbocycles. The van der Waals surface area contributed by atoms with E-state index in [0.717, 1.165) is 12.0 Å². The van der Waals surface area contributed by atoms with E-state index in [9.17, 15) is 9.59 Å². The second-order valence-corrected chi connectivity index (χ2v) is 7.82. The number of hydrogen-bond acceptors (Lipinski definition) is 6. The van der Waals surface area contributed by atoms with Gasteiger partial charge >= 0.3 is 0 Å². The van der Waals surface area contributed by atoms with E-state index in [0.29, 0.717) is 38.1 Å². The molecule has 0 spiro atoms. The Morgan fingerprint density at radius 1 is 1.29 bits per heavy atom. The zero-order valence-electron chi connectivity index (χ0n) is 14.6. The van der Waals surface area contributed by atoms with Gasteiger partial charge in [-0.3, -0.25) is 14.6 Å². The number of hydrogen-bond donors (Lipinski definition) is 2. The molecule has 140 valence electrons. The quantitative estimate of drug-likeness (QED) is 0.497. The Bertz CT molecular complexity index is 1110. The summed E-state index contributed by atoms with van der Waals surface area (Å²) in [6.45, 7) is 0.505. The molecule has 2 N–H and O–H groups in total. The van der Waals surface area contributed by atoms with E-state index >= 15 is 0 Å². The summed E-state index contributed by atoms with van der Waals surface area (Å²) >= 11 is 6.16. The number of pyridine rings is 1. The number of carbonyl (C=O) groups excluding carboxylic acids is 2. The molecule has 1 aliphatic heterocycles. The molecule has 3 aromatic rings. The normalized spacial score (nSPS) is 15.2. The van der Waals surface area contributed by atoms with Gasteiger partial charge in [0.05, 0.1) is 4.91 Å². The van der Waals surface area contributed by atoms with Crippen molar-refractivity contribution in [3.05, 3.63) is 70.6 Å². The van der Waals surface area contributed by atoms with Crippen molar-refractivity contribution in [3.63, 3.8) is 0 Å². The number of thiocarbonyl (C=S) groups is 1. The van der Waals surface area contributed by atoms with E-state index < -0.39 is 0 Å². The minimum Gasteiger partial charge on any atom is -0.456 e. The van der Waals surface area contributed by atoms with Crippen LogP contribution in [0.15, 0.2) is 58.1 Å². The lowest BCUT2D eigenvalue weighted by atomic mass is 10.1. The van der Waals surface area contributed by atoms with Crippen molar-refractivity contribution < 1.29 is 14.0 Å². The van der Waals surface area contributed by atoms with E-state index in [1.54, 1.807) is 18.3 Å². The van der Waals surface area contributed by atoms with E-state index in [-0.39, 0.29) is 11.8 Å². The summed E-state index contributed by atoms with van der Waals surface area (Å²) in [5.41, 5.74) is 1.94. The van der Waals surface area contributed by atoms with Crippen LogP contribution in [0.3, 0.4) is 0 Å². The van der Waals surface area contributed by atoms with Crippen molar-refractivity contribution in [3.8, 4) is 0 Å². The highest BCUT2D eigenvalue weighted by Crippen LogP contribution is 2.29. The topological polar surface area (TPSA) is 84.2 Å². The first-order chi connectivity index (χ1) is 13.6. The molecule has 3 heterocycles. The lowest BCUT2D eigenvalue weighted by Crippen LogP contribution is -2.25. The summed E-state index contributed by atoms with van der Waals surface area (Å²) in [4.78, 5) is 29.0. The molecule has 8 heteroatoms. The summed E-state index contributed by atoms with van der Waals surface area (Å²) in [5.74, 6) is -0.0482. The van der Waals surface area contributed by atoms with Crippen LogP contribution >= 0.6 is 24.0 Å². The summed E-state index contributed by atoms with van der Waals surface area (Å²) in [7, 11) is 0. The Morgan fingerprint density at radius 2 is 2.11 bits per heavy atom. The predicted octanol–water partition coefficient (Wildman–Crippen LogP) is 3.29. The second-order valence-electron chi connectivity index (χ2n) is 6.10. The number of thioether (sulfide) groups is 1. The van der Waals surface area contributed by atoms with Gasteiger partial charge in [-0.1, -0.05) is 54.3 Å². The molecule has 1 saturated heterocycles. The number of nitrogens with zero attached hydrogens (tertiary/aromatic N) is 1. The van der Waals surface area contributed by atoms with Gasteiger partial charge in [0, 0.05) is 30.4 Å². The van der Waals surface area contributed by atoms with Crippen molar-refractivity contribution in [1.29, 1.82) is 0 Å². The SMILES string of the molecule is O=C1NC(=S)SC1=Cc1cc2cncc(C(=O)NCCc3ccccc3)c2o1. The number of furan rings is 1. The molecule has 2 aromatic heterocycles. The van der Waals surface area contributed by atoms with Gasteiger partial charge in [-0.05, 0) is 18.1 Å². The van der Waals surface area contributed by atoms with Crippen LogP contribution < -0.4 is 10.6 Å². The maximum Gasteiger partial charge on any atom is 0.263 e. The Morgan fingerprint density at radius 3 is 2.86 bits per heavy atom. The zero-order valence-corrected chi connectivity index (χ0v) is 16.2. The van der Waals surface area contributed by atoms with Crippen LogP contribution in [0.1, 0.15) is 21.7 Å². The third-order valence-electron chi connectivity index (χ3n) is 4.14. The number of carbonyl (C=O) groups is 2. The molecule has 0 aliphatic carbocycles. The molecule has 0 bridgehead atoms. The van der Waals surface area contributed by atoms with Gasteiger partial charge in [0.15, 0.2) is 5.58 Å². The van der Waals surface area contributed by atoms with Crippen molar-refractivity contribution in [1.82, 2.24) is 15.6 Å². The summed E-state index contributed by atoms with van der Waals surface area (Å²) in [6, 6.07) is 11.7. The molecule has 4 rings (SSSR count). The van der Waals surface area contributed by atoms with Gasteiger partial charge in [-0.25, -0.2) is 0 Å². The van der Waals surface area contributed by atoms with Crippen LogP contribution in [-0.2, 0) is 11.2 Å². The average Bonchev–Trinajstić information content (AvgIpc) is 3.24. The van der Waals surface area contributed by atoms with Crippen LogP contribution in [0.25, 0.3) is 17.0 Å². The van der Waals surface area contributed by atoms with E-state index in [2.05, 4.69) is 15.6 Å². The van der Waals surface area contributed by atoms with Gasteiger partial charge in [0.25, 0.3) is 11.8 Å². The molecule has 1 fully saturated rings. The zero-order chi connectivity index (χ0) is 19.5. The Balaban J connectivity index is 1.52. The fourth-order valence-corrected chi connectivity index (χ4v) is 3.85. The standard InChI is InChI=1S/C20H15N3O3S2/c24-18(22-7-6-12-4-2-1-3-5-12)15-11-21-10-13-8-14(26-17(13)15)9-16-19(25)23-20(27)28-16/h1-5,8-11H,6-7H2,(H,22,24)(H,23,25,27). The second kappa shape index (κ2) is 7.95. The molecule has 28 heavy (non-hydrogen) atoms. The maximum absolute atomic E-state index is 12.6. The summed E-state index contributed by atoms with van der Waals surface area (Å²) < 4.78 is 6.23. The van der Waals surface area contributed by atoms with Gasteiger partial charge in [-0.2, -0.15) is 0 Å². The van der Waals surface area contributed by atoms with Gasteiger partial charge in [0.2, 0.25) is 0 Å². The van der Waals surface area contributed by atoms with Gasteiger partial charge < -0.3 is 15.1 Å². The number of benzene rings is 1. The van der Waals surface area contributed by atoms with Crippen molar-refractivity contribution in [2.45, 2.75) is 6.42 Å². The first-order valence-corrected chi connectivity index (χ1v) is 9.77. The van der Waals surface area contributed by atoms with Crippen LogP contribution in [0.2, 0.25) is 0 Å². The van der Waals surface area contributed by atoms with Crippen LogP contribution in [0.4, 0.5) is 0 Å². The van der Waals surface area contributed by atoms with Crippen LogP contribution in [0.5, 0.6) is 0 Å². The van der Waals surface area contributed by atoms with E-state index in [1.807, 2.05) is 30.3 Å². The molecule has 6 nitrogen and oxygen atoms in total. The molecule has 0 radical (unpaired) electrons. The molecule has 0 atom stereocenters. The highest BCUT2D eigenvalue weighted by Gasteiger charge is 2.23. The molecule has 1 aromatic carbocycles. The lowest BCUT2D eigenvalue weighted by Gasteiger charge is -2.05. The molecular formula is C20H15N3O3S2. The van der Waals surface area contributed by atoms with Crippen molar-refractivity contribution in [2.75, 3.05) is 6.54 Å². The largest absolute Gasteiger partial charge is 0.456 e. The fraction of sp³-hybridized carbons (Fsp3) is 0.100. The number of nitrogens with one attached hydrogen (secondary N) is 2. The monoisotopic (exact) mass is 409 g/mol. The third-order valence-corrected chi connectivity index (χ3v) is 5.31. The highest BCUT2D eigenvalue weighted by atomic mass is 32.2. The first kappa shape index (κ1) is 18.4. The molecule has 2 amide bonds. The van der Waals surface area contributed by atoms with Crippen LogP contribution in [0, 0.1) is 0 Å². The smallest absolute Gasteiger partial charge is 0.263 e. The Hall–Kier alpha value is -2.97. The fourth-order valence-electron chi connectivity index (χ4n) is 2.83. The van der Waals surface area contributed by atoms with Gasteiger partial charge in [-0.15, -0.1) is 0 Å². The Labute approximate surface area is 170 Å². The Kier molecular flexibility index (Phi) is 5.23. The number of fused-ring (bicyclic) bond motifs is 1. The van der Waals surface area contributed by atoms with Crippen molar-refractivity contribution >= 4 is 57.2 Å². The third kappa shape index (κ3) is 3.97. The summed E-state index contributed by atoms with van der Waals surface area (Å²) in [6.07, 6.45) is 5.44. The minimum atomic E-state index is -0.257. The number of aromatic nitrogens is 1. The first-order valence-electron chi connectivity index (χ1n) is 8.55. The number of amides is 2. The maximum atomic E-state index is 12.6. The predicted molar refractivity (Wildman–Crippen MR) is 113 cm³/mol. The lowest BCUT2D eigenvalue weighted by molar-refractivity contribution is -0.115. The molecule has 0 unspecified atom stereocenters. The summed E-state index contributed by atoms with van der Waals surface area (Å²) in [5, 5.41) is 6.14. The van der Waals surface area contributed by atoms with E-state index in [1.165, 1.54) is 18.0 Å². The molecular weight excluding hydrogens is 394 g/mol. The average molecular weight is 409 g/mol. The highest BCUT2D eigenvalue weighted by molar-refractivity contribution is 8.26. The minimum absolute atomic E-state index is 0.253. The van der Waals surface area contributed by atoms with Gasteiger partial charge in [0.1, 0.15) is 15.6 Å². The van der Waals surface area contributed by atoms with Crippen molar-refractivity contribution in [2.24, 2.45) is 0 Å². The molecule has 1 aliphatic rings. The number of rotatable bonds is 5. The van der Waals surface area contributed by atoms with E-state index in [4.69, 9.17) is 16.6 Å². The van der Waals surface area contributed by atoms with Crippen LogP contribution in [-0.4, -0.2) is 27.7 Å².